The number of nitrogens with zero attached hydrogens (tertiary/aromatic N) is 1. The fourth-order valence-corrected chi connectivity index (χ4v) is 3.90. The van der Waals surface area contributed by atoms with E-state index in [0.717, 1.165) is 35.5 Å². The summed E-state index contributed by atoms with van der Waals surface area (Å²) in [6.45, 7) is 7.47. The lowest BCUT2D eigenvalue weighted by Crippen LogP contribution is -2.35. The standard InChI is InChI=1S/C24H29N3O2S/c1-4-12-29-21-16-25-11-10-17(21)15-26-19-13-24(2,3)14-20(28)22(19)23(30)27-18-8-6-5-7-9-18/h5-11,16,26H,4,12-15H2,1-3H3,(H,27,30). The lowest BCUT2D eigenvalue weighted by atomic mass is 9.75. The van der Waals surface area contributed by atoms with Crippen molar-refractivity contribution in [1.82, 2.24) is 10.3 Å². The first-order valence-corrected chi connectivity index (χ1v) is 10.7. The summed E-state index contributed by atoms with van der Waals surface area (Å²) < 4.78 is 5.82. The number of thiocarbonyl (C=S) groups is 1. The van der Waals surface area contributed by atoms with Crippen LogP contribution in [0.1, 0.15) is 45.6 Å². The number of para-hydroxylation sites is 1. The summed E-state index contributed by atoms with van der Waals surface area (Å²) in [5.74, 6) is 0.833. The van der Waals surface area contributed by atoms with Gasteiger partial charge in [-0.2, -0.15) is 0 Å². The van der Waals surface area contributed by atoms with E-state index in [-0.39, 0.29) is 11.2 Å². The van der Waals surface area contributed by atoms with Gasteiger partial charge < -0.3 is 15.4 Å². The van der Waals surface area contributed by atoms with E-state index in [4.69, 9.17) is 17.0 Å². The third-order valence-corrected chi connectivity index (χ3v) is 5.26. The predicted molar refractivity (Wildman–Crippen MR) is 125 cm³/mol. The second-order valence-corrected chi connectivity index (χ2v) is 8.71. The molecule has 2 aromatic rings. The van der Waals surface area contributed by atoms with Gasteiger partial charge in [0.05, 0.1) is 18.4 Å². The van der Waals surface area contributed by atoms with E-state index in [1.165, 1.54) is 0 Å². The van der Waals surface area contributed by atoms with Gasteiger partial charge in [0.2, 0.25) is 0 Å². The largest absolute Gasteiger partial charge is 0.492 e. The maximum Gasteiger partial charge on any atom is 0.168 e. The van der Waals surface area contributed by atoms with Crippen LogP contribution in [-0.2, 0) is 11.3 Å². The molecule has 1 aromatic carbocycles. The summed E-state index contributed by atoms with van der Waals surface area (Å²) in [6.07, 6.45) is 5.65. The summed E-state index contributed by atoms with van der Waals surface area (Å²) in [5, 5.41) is 6.70. The molecule has 3 rings (SSSR count). The van der Waals surface area contributed by atoms with Crippen LogP contribution in [0.5, 0.6) is 5.75 Å². The van der Waals surface area contributed by atoms with Gasteiger partial charge in [0, 0.05) is 36.1 Å². The lowest BCUT2D eigenvalue weighted by molar-refractivity contribution is -0.117. The van der Waals surface area contributed by atoms with Crippen molar-refractivity contribution in [2.24, 2.45) is 5.41 Å². The van der Waals surface area contributed by atoms with Gasteiger partial charge >= 0.3 is 0 Å². The Morgan fingerprint density at radius 1 is 1.20 bits per heavy atom. The van der Waals surface area contributed by atoms with Gasteiger partial charge in [0.25, 0.3) is 0 Å². The number of benzene rings is 1. The van der Waals surface area contributed by atoms with Crippen LogP contribution in [0.15, 0.2) is 60.1 Å². The Morgan fingerprint density at radius 2 is 1.97 bits per heavy atom. The number of carbonyl (C=O) groups is 1. The smallest absolute Gasteiger partial charge is 0.168 e. The summed E-state index contributed by atoms with van der Waals surface area (Å²) in [5.41, 5.74) is 3.21. The zero-order valence-electron chi connectivity index (χ0n) is 17.8. The van der Waals surface area contributed by atoms with Crippen LogP contribution in [0.2, 0.25) is 0 Å². The third-order valence-electron chi connectivity index (χ3n) is 4.96. The molecule has 1 aromatic heterocycles. The van der Waals surface area contributed by atoms with Crippen molar-refractivity contribution in [3.05, 3.63) is 65.6 Å². The van der Waals surface area contributed by atoms with Crippen molar-refractivity contribution >= 4 is 28.7 Å². The fraction of sp³-hybridized carbons (Fsp3) is 0.375. The molecule has 0 atom stereocenters. The quantitative estimate of drug-likeness (QED) is 0.580. The molecule has 0 radical (unpaired) electrons. The van der Waals surface area contributed by atoms with E-state index in [2.05, 4.69) is 36.4 Å². The summed E-state index contributed by atoms with van der Waals surface area (Å²) >= 11 is 5.63. The molecule has 0 saturated carbocycles. The molecule has 158 valence electrons. The topological polar surface area (TPSA) is 63.2 Å². The molecule has 1 aliphatic carbocycles. The van der Waals surface area contributed by atoms with Crippen LogP contribution in [0.25, 0.3) is 0 Å². The highest BCUT2D eigenvalue weighted by Gasteiger charge is 2.34. The molecule has 0 unspecified atom stereocenters. The Kier molecular flexibility index (Phi) is 7.21. The van der Waals surface area contributed by atoms with Crippen LogP contribution in [0, 0.1) is 5.41 Å². The normalized spacial score (nSPS) is 15.6. The van der Waals surface area contributed by atoms with E-state index in [0.29, 0.717) is 30.1 Å². The van der Waals surface area contributed by atoms with E-state index in [1.54, 1.807) is 12.4 Å². The SMILES string of the molecule is CCCOc1cnccc1CNC1=C(C(=S)Nc2ccccc2)C(=O)CC(C)(C)C1. The number of aromatic nitrogens is 1. The molecule has 1 aliphatic rings. The number of rotatable bonds is 8. The maximum atomic E-state index is 13.0. The third kappa shape index (κ3) is 5.66. The van der Waals surface area contributed by atoms with Gasteiger partial charge in [-0.25, -0.2) is 0 Å². The maximum absolute atomic E-state index is 13.0. The van der Waals surface area contributed by atoms with Crippen molar-refractivity contribution in [1.29, 1.82) is 0 Å². The lowest BCUT2D eigenvalue weighted by Gasteiger charge is -2.33. The molecular formula is C24H29N3O2S. The number of carbonyl (C=O) groups excluding carboxylic acids is 1. The van der Waals surface area contributed by atoms with E-state index in [9.17, 15) is 4.79 Å². The van der Waals surface area contributed by atoms with E-state index >= 15 is 0 Å². The van der Waals surface area contributed by atoms with Crippen LogP contribution in [0.4, 0.5) is 5.69 Å². The average Bonchev–Trinajstić information content (AvgIpc) is 2.70. The van der Waals surface area contributed by atoms with Crippen LogP contribution in [-0.4, -0.2) is 22.4 Å². The van der Waals surface area contributed by atoms with Crippen molar-refractivity contribution in [2.45, 2.75) is 46.6 Å². The fourth-order valence-electron chi connectivity index (χ4n) is 3.55. The molecule has 2 N–H and O–H groups in total. The molecular weight excluding hydrogens is 394 g/mol. The first kappa shape index (κ1) is 22.0. The van der Waals surface area contributed by atoms with Crippen LogP contribution >= 0.6 is 12.2 Å². The number of Topliss-reactive ketones (excluding diaryl/α,β-unsaturated/α-hetero) is 1. The molecule has 5 nitrogen and oxygen atoms in total. The van der Waals surface area contributed by atoms with Gasteiger partial charge in [-0.05, 0) is 36.5 Å². The first-order valence-electron chi connectivity index (χ1n) is 10.3. The zero-order chi connectivity index (χ0) is 21.6. The number of hydrogen-bond acceptors (Lipinski definition) is 5. The number of anilines is 1. The molecule has 30 heavy (non-hydrogen) atoms. The number of hydrogen-bond donors (Lipinski definition) is 2. The molecule has 0 amide bonds. The Hall–Kier alpha value is -2.73. The molecule has 0 fully saturated rings. The minimum Gasteiger partial charge on any atom is -0.492 e. The van der Waals surface area contributed by atoms with Gasteiger partial charge in [0.1, 0.15) is 10.7 Å². The second kappa shape index (κ2) is 9.85. The second-order valence-electron chi connectivity index (χ2n) is 8.30. The molecule has 0 saturated heterocycles. The summed E-state index contributed by atoms with van der Waals surface area (Å²) in [7, 11) is 0. The Balaban J connectivity index is 1.84. The first-order chi connectivity index (χ1) is 14.4. The molecule has 1 heterocycles. The Bertz CT molecular complexity index is 938. The van der Waals surface area contributed by atoms with Gasteiger partial charge in [-0.1, -0.05) is 51.2 Å². The van der Waals surface area contributed by atoms with Gasteiger partial charge in [-0.3, -0.25) is 9.78 Å². The van der Waals surface area contributed by atoms with Crippen molar-refractivity contribution in [3.8, 4) is 5.75 Å². The monoisotopic (exact) mass is 423 g/mol. The van der Waals surface area contributed by atoms with Gasteiger partial charge in [-0.15, -0.1) is 0 Å². The number of allylic oxidation sites excluding steroid dienone is 1. The summed E-state index contributed by atoms with van der Waals surface area (Å²) in [4.78, 5) is 17.6. The molecule has 0 bridgehead atoms. The molecule has 6 heteroatoms. The molecule has 0 aliphatic heterocycles. The summed E-state index contributed by atoms with van der Waals surface area (Å²) in [6, 6.07) is 11.6. The highest BCUT2D eigenvalue weighted by molar-refractivity contribution is 7.81. The minimum absolute atomic E-state index is 0.0689. The minimum atomic E-state index is -0.120. The van der Waals surface area contributed by atoms with E-state index in [1.807, 2.05) is 36.4 Å². The average molecular weight is 424 g/mol. The highest BCUT2D eigenvalue weighted by atomic mass is 32.1. The number of ether oxygens (including phenoxy) is 1. The Morgan fingerprint density at radius 3 is 2.70 bits per heavy atom. The van der Waals surface area contributed by atoms with Crippen molar-refractivity contribution in [2.75, 3.05) is 11.9 Å². The number of nitrogens with one attached hydrogen (secondary N) is 2. The van der Waals surface area contributed by atoms with Crippen LogP contribution in [0.3, 0.4) is 0 Å². The van der Waals surface area contributed by atoms with Crippen molar-refractivity contribution in [3.63, 3.8) is 0 Å². The van der Waals surface area contributed by atoms with Crippen molar-refractivity contribution < 1.29 is 9.53 Å². The number of ketones is 1. The van der Waals surface area contributed by atoms with E-state index < -0.39 is 0 Å². The van der Waals surface area contributed by atoms with Gasteiger partial charge in [0.15, 0.2) is 5.78 Å². The highest BCUT2D eigenvalue weighted by Crippen LogP contribution is 2.36. The number of pyridine rings is 1. The zero-order valence-corrected chi connectivity index (χ0v) is 18.6. The predicted octanol–water partition coefficient (Wildman–Crippen LogP) is 5.04. The van der Waals surface area contributed by atoms with Crippen LogP contribution < -0.4 is 15.4 Å². The molecule has 0 spiro atoms. The Labute approximate surface area is 183 Å².